The lowest BCUT2D eigenvalue weighted by atomic mass is 10.2. The van der Waals surface area contributed by atoms with E-state index >= 15 is 0 Å². The number of nitrogens with zero attached hydrogens (tertiary/aromatic N) is 2. The van der Waals surface area contributed by atoms with Crippen LogP contribution in [0.4, 0.5) is 0 Å². The van der Waals surface area contributed by atoms with Gasteiger partial charge in [0.05, 0.1) is 18.2 Å². The van der Waals surface area contributed by atoms with Crippen LogP contribution in [0.5, 0.6) is 5.75 Å². The number of ether oxygens (including phenoxy) is 2. The van der Waals surface area contributed by atoms with E-state index < -0.39 is 6.41 Å². The maximum absolute atomic E-state index is 9.56. The third-order valence-corrected chi connectivity index (χ3v) is 5.25. The third-order valence-electron chi connectivity index (χ3n) is 5.00. The van der Waals surface area contributed by atoms with Crippen molar-refractivity contribution in [1.29, 1.82) is 0 Å². The summed E-state index contributed by atoms with van der Waals surface area (Å²) in [6, 6.07) is 9.51. The Morgan fingerprint density at radius 2 is 2.07 bits per heavy atom. The molecular weight excluding hydrogens is 366 g/mol. The average molecular weight is 388 g/mol. The van der Waals surface area contributed by atoms with Gasteiger partial charge in [0.2, 0.25) is 6.41 Å². The normalized spacial score (nSPS) is 19.7. The SMILES string of the molecule is Cc1c(C)n(CC2CNC(O)O2)c2c(OCc3ccc(Cl)cc3)ccnc12. The standard InChI is InChI=1S/C20H22ClN3O3/c1-12-13(2)24(10-16-9-23-20(25)27-16)19-17(7-8-22-18(12)19)26-11-14-3-5-15(21)6-4-14/h3-8,16,20,23,25H,9-11H2,1-2H3. The molecule has 2 atom stereocenters. The first-order valence-electron chi connectivity index (χ1n) is 8.91. The van der Waals surface area contributed by atoms with Crippen molar-refractivity contribution < 1.29 is 14.6 Å². The Kier molecular flexibility index (Phi) is 5.06. The first-order chi connectivity index (χ1) is 13.0. The van der Waals surface area contributed by atoms with E-state index in [-0.39, 0.29) is 6.10 Å². The minimum Gasteiger partial charge on any atom is -0.487 e. The Hall–Kier alpha value is -2.12. The lowest BCUT2D eigenvalue weighted by molar-refractivity contribution is -0.103. The number of rotatable bonds is 5. The van der Waals surface area contributed by atoms with Gasteiger partial charge in [0, 0.05) is 29.5 Å². The number of hydrogen-bond acceptors (Lipinski definition) is 5. The van der Waals surface area contributed by atoms with Crippen molar-refractivity contribution in [2.24, 2.45) is 0 Å². The van der Waals surface area contributed by atoms with Crippen LogP contribution in [0.25, 0.3) is 11.0 Å². The number of aromatic nitrogens is 2. The molecule has 142 valence electrons. The lowest BCUT2D eigenvalue weighted by Gasteiger charge is -2.16. The van der Waals surface area contributed by atoms with Crippen LogP contribution in [0, 0.1) is 13.8 Å². The molecule has 0 saturated carbocycles. The smallest absolute Gasteiger partial charge is 0.213 e. The fourth-order valence-corrected chi connectivity index (χ4v) is 3.55. The number of hydrogen-bond donors (Lipinski definition) is 2. The first kappa shape index (κ1) is 18.3. The highest BCUT2D eigenvalue weighted by molar-refractivity contribution is 6.30. The van der Waals surface area contributed by atoms with E-state index in [4.69, 9.17) is 21.1 Å². The summed E-state index contributed by atoms with van der Waals surface area (Å²) in [6.45, 7) is 5.79. The zero-order valence-corrected chi connectivity index (χ0v) is 16.0. The topological polar surface area (TPSA) is 68.5 Å². The van der Waals surface area contributed by atoms with E-state index in [2.05, 4.69) is 28.7 Å². The molecule has 0 bridgehead atoms. The molecule has 3 heterocycles. The van der Waals surface area contributed by atoms with Crippen LogP contribution in [0.2, 0.25) is 5.02 Å². The largest absolute Gasteiger partial charge is 0.487 e. The molecule has 1 saturated heterocycles. The van der Waals surface area contributed by atoms with E-state index in [0.29, 0.717) is 24.7 Å². The van der Waals surface area contributed by atoms with Crippen LogP contribution >= 0.6 is 11.6 Å². The van der Waals surface area contributed by atoms with Gasteiger partial charge in [0.25, 0.3) is 0 Å². The summed E-state index contributed by atoms with van der Waals surface area (Å²) in [5.74, 6) is 0.776. The van der Waals surface area contributed by atoms with E-state index in [0.717, 1.165) is 33.6 Å². The van der Waals surface area contributed by atoms with Crippen molar-refractivity contribution in [3.05, 3.63) is 58.4 Å². The van der Waals surface area contributed by atoms with Crippen molar-refractivity contribution >= 4 is 22.6 Å². The molecule has 2 aromatic heterocycles. The summed E-state index contributed by atoms with van der Waals surface area (Å²) in [4.78, 5) is 4.55. The molecule has 0 spiro atoms. The summed E-state index contributed by atoms with van der Waals surface area (Å²) >= 11 is 5.95. The Labute approximate surface area is 162 Å². The van der Waals surface area contributed by atoms with Crippen LogP contribution in [0.3, 0.4) is 0 Å². The molecule has 2 N–H and O–H groups in total. The van der Waals surface area contributed by atoms with Crippen molar-refractivity contribution in [3.8, 4) is 5.75 Å². The van der Waals surface area contributed by atoms with Crippen molar-refractivity contribution in [2.75, 3.05) is 6.54 Å². The molecule has 0 aliphatic carbocycles. The number of aliphatic hydroxyl groups is 1. The average Bonchev–Trinajstić information content (AvgIpc) is 3.18. The Morgan fingerprint density at radius 1 is 1.30 bits per heavy atom. The monoisotopic (exact) mass is 387 g/mol. The van der Waals surface area contributed by atoms with Gasteiger partial charge in [-0.2, -0.15) is 0 Å². The summed E-state index contributed by atoms with van der Waals surface area (Å²) in [5, 5.41) is 13.2. The molecule has 1 aliphatic heterocycles. The minimum atomic E-state index is -0.906. The van der Waals surface area contributed by atoms with E-state index in [9.17, 15) is 5.11 Å². The summed E-state index contributed by atoms with van der Waals surface area (Å²) in [7, 11) is 0. The van der Waals surface area contributed by atoms with Crippen molar-refractivity contribution in [2.45, 2.75) is 39.5 Å². The Bertz CT molecular complexity index is 955. The molecule has 6 nitrogen and oxygen atoms in total. The highest BCUT2D eigenvalue weighted by Crippen LogP contribution is 2.32. The Morgan fingerprint density at radius 3 is 2.78 bits per heavy atom. The molecule has 4 rings (SSSR count). The molecule has 2 unspecified atom stereocenters. The number of halogens is 1. The molecule has 7 heteroatoms. The van der Waals surface area contributed by atoms with Crippen molar-refractivity contribution in [1.82, 2.24) is 14.9 Å². The zero-order chi connectivity index (χ0) is 19.0. The highest BCUT2D eigenvalue weighted by atomic mass is 35.5. The fraction of sp³-hybridized carbons (Fsp3) is 0.350. The summed E-state index contributed by atoms with van der Waals surface area (Å²) in [5.41, 5.74) is 5.15. The molecule has 0 amide bonds. The first-order valence-corrected chi connectivity index (χ1v) is 9.29. The minimum absolute atomic E-state index is 0.113. The second kappa shape index (κ2) is 7.48. The predicted octanol–water partition coefficient (Wildman–Crippen LogP) is 3.15. The second-order valence-corrected chi connectivity index (χ2v) is 7.20. The predicted molar refractivity (Wildman–Crippen MR) is 104 cm³/mol. The van der Waals surface area contributed by atoms with Gasteiger partial charge in [-0.05, 0) is 37.1 Å². The van der Waals surface area contributed by atoms with Crippen LogP contribution < -0.4 is 10.1 Å². The van der Waals surface area contributed by atoms with E-state index in [1.807, 2.05) is 30.3 Å². The Balaban J connectivity index is 1.66. The molecule has 27 heavy (non-hydrogen) atoms. The highest BCUT2D eigenvalue weighted by Gasteiger charge is 2.25. The van der Waals surface area contributed by atoms with E-state index in [1.54, 1.807) is 6.20 Å². The maximum Gasteiger partial charge on any atom is 0.213 e. The van der Waals surface area contributed by atoms with Gasteiger partial charge < -0.3 is 19.1 Å². The second-order valence-electron chi connectivity index (χ2n) is 6.76. The van der Waals surface area contributed by atoms with Crippen LogP contribution in [-0.2, 0) is 17.9 Å². The number of pyridine rings is 1. The van der Waals surface area contributed by atoms with Gasteiger partial charge in [-0.3, -0.25) is 10.3 Å². The fourth-order valence-electron chi connectivity index (χ4n) is 3.42. The maximum atomic E-state index is 9.56. The molecule has 3 aromatic rings. The lowest BCUT2D eigenvalue weighted by Crippen LogP contribution is -2.21. The summed E-state index contributed by atoms with van der Waals surface area (Å²) in [6.07, 6.45) is 0.753. The van der Waals surface area contributed by atoms with Gasteiger partial charge in [0.15, 0.2) is 0 Å². The number of benzene rings is 1. The molecule has 1 aromatic carbocycles. The van der Waals surface area contributed by atoms with Crippen LogP contribution in [0.15, 0.2) is 36.5 Å². The van der Waals surface area contributed by atoms with Gasteiger partial charge in [0.1, 0.15) is 17.9 Å². The third kappa shape index (κ3) is 3.66. The number of nitrogens with one attached hydrogen (secondary N) is 1. The van der Waals surface area contributed by atoms with Crippen molar-refractivity contribution in [3.63, 3.8) is 0 Å². The number of aliphatic hydroxyl groups excluding tert-OH is 1. The quantitative estimate of drug-likeness (QED) is 0.703. The van der Waals surface area contributed by atoms with Gasteiger partial charge in [-0.15, -0.1) is 0 Å². The van der Waals surface area contributed by atoms with Gasteiger partial charge in [-0.25, -0.2) is 0 Å². The van der Waals surface area contributed by atoms with Crippen LogP contribution in [-0.4, -0.2) is 33.7 Å². The molecular formula is C20H22ClN3O3. The molecule has 1 aliphatic rings. The van der Waals surface area contributed by atoms with Gasteiger partial charge >= 0.3 is 0 Å². The van der Waals surface area contributed by atoms with E-state index in [1.165, 1.54) is 0 Å². The molecule has 1 fully saturated rings. The molecule has 0 radical (unpaired) electrons. The number of aryl methyl sites for hydroxylation is 1. The van der Waals surface area contributed by atoms with Gasteiger partial charge in [-0.1, -0.05) is 23.7 Å². The van der Waals surface area contributed by atoms with Crippen LogP contribution in [0.1, 0.15) is 16.8 Å². The zero-order valence-electron chi connectivity index (χ0n) is 15.3. The number of fused-ring (bicyclic) bond motifs is 1. The summed E-state index contributed by atoms with van der Waals surface area (Å²) < 4.78 is 13.8.